The van der Waals surface area contributed by atoms with Crippen LogP contribution < -0.4 is 14.8 Å². The predicted molar refractivity (Wildman–Crippen MR) is 103 cm³/mol. The molecule has 6 nitrogen and oxygen atoms in total. The van der Waals surface area contributed by atoms with Gasteiger partial charge in [-0.05, 0) is 17.7 Å². The van der Waals surface area contributed by atoms with E-state index < -0.39 is 0 Å². The molecule has 1 amide bonds. The maximum Gasteiger partial charge on any atom is 0.261 e. The van der Waals surface area contributed by atoms with E-state index in [4.69, 9.17) is 9.47 Å². The Morgan fingerprint density at radius 2 is 1.88 bits per heavy atom. The number of nitrogens with one attached hydrogen (secondary N) is 1. The molecule has 0 aliphatic rings. The smallest absolute Gasteiger partial charge is 0.261 e. The van der Waals surface area contributed by atoms with E-state index in [1.54, 1.807) is 30.0 Å². The topological polar surface area (TPSA) is 73.3 Å². The highest BCUT2D eigenvalue weighted by Gasteiger charge is 2.18. The number of amides is 1. The van der Waals surface area contributed by atoms with Gasteiger partial charge in [0.15, 0.2) is 15.8 Å². The lowest BCUT2D eigenvalue weighted by Gasteiger charge is -2.11. The Morgan fingerprint density at radius 1 is 1.08 bits per heavy atom. The molecule has 134 valence electrons. The second-order valence-electron chi connectivity index (χ2n) is 5.14. The van der Waals surface area contributed by atoms with Crippen molar-refractivity contribution in [3.63, 3.8) is 0 Å². The van der Waals surface area contributed by atoms with Crippen molar-refractivity contribution < 1.29 is 14.3 Å². The van der Waals surface area contributed by atoms with Gasteiger partial charge in [-0.3, -0.25) is 10.1 Å². The molecule has 0 bridgehead atoms. The van der Waals surface area contributed by atoms with Crippen LogP contribution in [0.3, 0.4) is 0 Å². The van der Waals surface area contributed by atoms with Crippen LogP contribution in [0.4, 0.5) is 5.13 Å². The summed E-state index contributed by atoms with van der Waals surface area (Å²) in [5.74, 6) is 1.36. The maximum absolute atomic E-state index is 12.5. The van der Waals surface area contributed by atoms with Crippen molar-refractivity contribution in [1.29, 1.82) is 0 Å². The van der Waals surface area contributed by atoms with Crippen LogP contribution in [-0.2, 0) is 5.75 Å². The molecule has 3 aromatic rings. The molecule has 1 heterocycles. The average molecular weight is 387 g/mol. The van der Waals surface area contributed by atoms with E-state index in [2.05, 4.69) is 27.6 Å². The van der Waals surface area contributed by atoms with Crippen molar-refractivity contribution in [3.05, 3.63) is 59.7 Å². The van der Waals surface area contributed by atoms with E-state index in [9.17, 15) is 4.79 Å². The van der Waals surface area contributed by atoms with Crippen molar-refractivity contribution in [3.8, 4) is 11.5 Å². The highest BCUT2D eigenvalue weighted by Crippen LogP contribution is 2.32. The lowest BCUT2D eigenvalue weighted by atomic mass is 10.1. The number of carbonyl (C=O) groups excluding carboxylic acids is 1. The molecule has 0 fully saturated rings. The summed E-state index contributed by atoms with van der Waals surface area (Å²) in [4.78, 5) is 12.5. The molecular weight excluding hydrogens is 370 g/mol. The number of thioether (sulfide) groups is 1. The standard InChI is InChI=1S/C18H17N3O3S2/c1-23-14-10-6-9-13(15(14)24-2)16(22)19-17-20-21-18(26-17)25-11-12-7-4-3-5-8-12/h3-10H,11H2,1-2H3,(H,19,20,22). The van der Waals surface area contributed by atoms with Crippen LogP contribution in [0.1, 0.15) is 15.9 Å². The summed E-state index contributed by atoms with van der Waals surface area (Å²) >= 11 is 2.92. The van der Waals surface area contributed by atoms with Crippen molar-refractivity contribution in [1.82, 2.24) is 10.2 Å². The number of anilines is 1. The first kappa shape index (κ1) is 18.2. The van der Waals surface area contributed by atoms with E-state index in [0.717, 1.165) is 10.1 Å². The lowest BCUT2D eigenvalue weighted by Crippen LogP contribution is -2.13. The van der Waals surface area contributed by atoms with Crippen molar-refractivity contribution in [2.24, 2.45) is 0 Å². The van der Waals surface area contributed by atoms with Crippen LogP contribution in [-0.4, -0.2) is 30.3 Å². The molecule has 2 aromatic carbocycles. The fourth-order valence-electron chi connectivity index (χ4n) is 2.27. The van der Waals surface area contributed by atoms with Crippen LogP contribution >= 0.6 is 23.1 Å². The minimum absolute atomic E-state index is 0.323. The Hall–Kier alpha value is -2.58. The minimum Gasteiger partial charge on any atom is -0.493 e. The Labute approximate surface area is 159 Å². The fraction of sp³-hybridized carbons (Fsp3) is 0.167. The summed E-state index contributed by atoms with van der Waals surface area (Å²) in [6, 6.07) is 15.3. The second kappa shape index (κ2) is 8.68. The zero-order valence-electron chi connectivity index (χ0n) is 14.3. The third kappa shape index (κ3) is 4.33. The predicted octanol–water partition coefficient (Wildman–Crippen LogP) is 4.10. The Kier molecular flexibility index (Phi) is 6.08. The number of hydrogen-bond acceptors (Lipinski definition) is 7. The van der Waals surface area contributed by atoms with Crippen LogP contribution in [0, 0.1) is 0 Å². The van der Waals surface area contributed by atoms with Gasteiger partial charge >= 0.3 is 0 Å². The summed E-state index contributed by atoms with van der Waals surface area (Å²) in [6.07, 6.45) is 0. The highest BCUT2D eigenvalue weighted by atomic mass is 32.2. The zero-order valence-corrected chi connectivity index (χ0v) is 15.9. The van der Waals surface area contributed by atoms with Gasteiger partial charge in [-0.25, -0.2) is 0 Å². The quantitative estimate of drug-likeness (QED) is 0.486. The molecule has 0 saturated carbocycles. The molecule has 0 saturated heterocycles. The van der Waals surface area contributed by atoms with Crippen LogP contribution in [0.15, 0.2) is 52.9 Å². The molecule has 0 atom stereocenters. The monoisotopic (exact) mass is 387 g/mol. The number of para-hydroxylation sites is 1. The van der Waals surface area contributed by atoms with Crippen molar-refractivity contribution >= 4 is 34.1 Å². The van der Waals surface area contributed by atoms with E-state index in [0.29, 0.717) is 22.2 Å². The first-order chi connectivity index (χ1) is 12.7. The first-order valence-electron chi connectivity index (χ1n) is 7.74. The summed E-state index contributed by atoms with van der Waals surface area (Å²) in [7, 11) is 3.03. The second-order valence-corrected chi connectivity index (χ2v) is 7.34. The molecule has 0 spiro atoms. The van der Waals surface area contributed by atoms with Gasteiger partial charge < -0.3 is 9.47 Å². The van der Waals surface area contributed by atoms with Crippen molar-refractivity contribution in [2.75, 3.05) is 19.5 Å². The number of rotatable bonds is 7. The summed E-state index contributed by atoms with van der Waals surface area (Å²) in [5.41, 5.74) is 1.58. The van der Waals surface area contributed by atoms with E-state index in [1.807, 2.05) is 18.2 Å². The van der Waals surface area contributed by atoms with Gasteiger partial charge in [0.25, 0.3) is 5.91 Å². The van der Waals surface area contributed by atoms with Crippen LogP contribution in [0.2, 0.25) is 0 Å². The SMILES string of the molecule is COc1cccc(C(=O)Nc2nnc(SCc3ccccc3)s2)c1OC. The molecule has 3 rings (SSSR count). The Bertz CT molecular complexity index is 884. The number of hydrogen-bond donors (Lipinski definition) is 1. The van der Waals surface area contributed by atoms with Gasteiger partial charge in [-0.15, -0.1) is 10.2 Å². The summed E-state index contributed by atoms with van der Waals surface area (Å²) < 4.78 is 11.3. The molecule has 0 aliphatic heterocycles. The number of aromatic nitrogens is 2. The summed E-state index contributed by atoms with van der Waals surface area (Å²) in [6.45, 7) is 0. The van der Waals surface area contributed by atoms with Gasteiger partial charge in [-0.1, -0.05) is 59.5 Å². The molecule has 26 heavy (non-hydrogen) atoms. The minimum atomic E-state index is -0.323. The van der Waals surface area contributed by atoms with Crippen LogP contribution in [0.25, 0.3) is 0 Å². The maximum atomic E-state index is 12.5. The molecule has 8 heteroatoms. The van der Waals surface area contributed by atoms with Gasteiger partial charge in [-0.2, -0.15) is 0 Å². The number of benzene rings is 2. The largest absolute Gasteiger partial charge is 0.493 e. The van der Waals surface area contributed by atoms with E-state index in [-0.39, 0.29) is 5.91 Å². The summed E-state index contributed by atoms with van der Waals surface area (Å²) in [5, 5.41) is 11.4. The highest BCUT2D eigenvalue weighted by molar-refractivity contribution is 8.00. The average Bonchev–Trinajstić information content (AvgIpc) is 3.13. The zero-order chi connectivity index (χ0) is 18.4. The number of ether oxygens (including phenoxy) is 2. The third-order valence-corrected chi connectivity index (χ3v) is 5.52. The third-order valence-electron chi connectivity index (χ3n) is 3.48. The van der Waals surface area contributed by atoms with Gasteiger partial charge in [0.2, 0.25) is 5.13 Å². The molecular formula is C18H17N3O3S2. The molecule has 0 radical (unpaired) electrons. The number of nitrogens with zero attached hydrogens (tertiary/aromatic N) is 2. The number of methoxy groups -OCH3 is 2. The Balaban J connectivity index is 1.66. The van der Waals surface area contributed by atoms with E-state index in [1.165, 1.54) is 31.1 Å². The molecule has 1 N–H and O–H groups in total. The lowest BCUT2D eigenvalue weighted by molar-refractivity contribution is 0.102. The van der Waals surface area contributed by atoms with Crippen LogP contribution in [0.5, 0.6) is 11.5 Å². The van der Waals surface area contributed by atoms with Crippen molar-refractivity contribution in [2.45, 2.75) is 10.1 Å². The fourth-order valence-corrected chi connectivity index (χ4v) is 3.97. The first-order valence-corrected chi connectivity index (χ1v) is 9.54. The van der Waals surface area contributed by atoms with Gasteiger partial charge in [0.05, 0.1) is 19.8 Å². The number of carbonyl (C=O) groups is 1. The van der Waals surface area contributed by atoms with Gasteiger partial charge in [0.1, 0.15) is 0 Å². The normalized spacial score (nSPS) is 10.4. The van der Waals surface area contributed by atoms with Gasteiger partial charge in [0, 0.05) is 5.75 Å². The molecule has 0 aliphatic carbocycles. The van der Waals surface area contributed by atoms with E-state index >= 15 is 0 Å². The molecule has 0 unspecified atom stereocenters. The Morgan fingerprint density at radius 3 is 2.62 bits per heavy atom. The molecule has 1 aromatic heterocycles.